The van der Waals surface area contributed by atoms with Gasteiger partial charge in [0.05, 0.1) is 12.6 Å². The van der Waals surface area contributed by atoms with Gasteiger partial charge < -0.3 is 10.6 Å². The molecule has 4 nitrogen and oxygen atoms in total. The fourth-order valence-corrected chi connectivity index (χ4v) is 2.25. The van der Waals surface area contributed by atoms with Crippen molar-refractivity contribution in [2.75, 3.05) is 6.54 Å². The Balaban J connectivity index is 1.77. The molecule has 2 rings (SSSR count). The highest BCUT2D eigenvalue weighted by molar-refractivity contribution is 5.78. The largest absolute Gasteiger partial charge is 0.433 e. The van der Waals surface area contributed by atoms with Gasteiger partial charge in [0.15, 0.2) is 0 Å². The number of benzene rings is 1. The average Bonchev–Trinajstić information content (AvgIpc) is 2.55. The van der Waals surface area contributed by atoms with E-state index in [-0.39, 0.29) is 25.0 Å². The van der Waals surface area contributed by atoms with E-state index in [9.17, 15) is 18.0 Å². The maximum absolute atomic E-state index is 12.4. The second-order valence-electron chi connectivity index (χ2n) is 5.85. The van der Waals surface area contributed by atoms with Crippen LogP contribution >= 0.6 is 0 Å². The number of alkyl halides is 3. The van der Waals surface area contributed by atoms with Crippen molar-refractivity contribution in [2.24, 2.45) is 0 Å². The van der Waals surface area contributed by atoms with Crippen LogP contribution in [0.4, 0.5) is 13.2 Å². The highest BCUT2D eigenvalue weighted by atomic mass is 19.4. The number of hydrogen-bond donors (Lipinski definition) is 2. The molecule has 0 fully saturated rings. The standard InChI is InChI=1S/C18H20F3N3O/c1-12-3-6-15(7-4-12)13(2)24-17(25)11-22-9-14-5-8-16(23-10-14)18(19,20)21/h3-8,10,13,22H,9,11H2,1-2H3,(H,24,25)/t13-/m0/s1. The maximum Gasteiger partial charge on any atom is 0.433 e. The number of carbonyl (C=O) groups is 1. The number of hydrogen-bond acceptors (Lipinski definition) is 3. The number of nitrogens with one attached hydrogen (secondary N) is 2. The van der Waals surface area contributed by atoms with Gasteiger partial charge in [-0.3, -0.25) is 9.78 Å². The van der Waals surface area contributed by atoms with Crippen molar-refractivity contribution in [1.29, 1.82) is 0 Å². The lowest BCUT2D eigenvalue weighted by Gasteiger charge is -2.15. The molecule has 0 aliphatic rings. The Labute approximate surface area is 144 Å². The molecule has 1 aromatic heterocycles. The van der Waals surface area contributed by atoms with Gasteiger partial charge in [-0.25, -0.2) is 0 Å². The molecule has 1 amide bonds. The molecule has 7 heteroatoms. The third-order valence-corrected chi connectivity index (χ3v) is 3.68. The van der Waals surface area contributed by atoms with E-state index in [2.05, 4.69) is 15.6 Å². The van der Waals surface area contributed by atoms with Crippen LogP contribution in [-0.2, 0) is 17.5 Å². The summed E-state index contributed by atoms with van der Waals surface area (Å²) in [7, 11) is 0. The van der Waals surface area contributed by atoms with Crippen LogP contribution in [-0.4, -0.2) is 17.4 Å². The molecule has 0 saturated heterocycles. The molecule has 1 heterocycles. The highest BCUT2D eigenvalue weighted by Gasteiger charge is 2.31. The fraction of sp³-hybridized carbons (Fsp3) is 0.333. The SMILES string of the molecule is Cc1ccc([C@H](C)NC(=O)CNCc2ccc(C(F)(F)F)nc2)cc1. The lowest BCUT2D eigenvalue weighted by atomic mass is 10.1. The van der Waals surface area contributed by atoms with Crippen molar-refractivity contribution in [3.8, 4) is 0 Å². The number of carbonyl (C=O) groups excluding carboxylic acids is 1. The zero-order valence-corrected chi connectivity index (χ0v) is 14.0. The Bertz CT molecular complexity index is 697. The van der Waals surface area contributed by atoms with Gasteiger partial charge in [0.2, 0.25) is 5.91 Å². The fourth-order valence-electron chi connectivity index (χ4n) is 2.25. The lowest BCUT2D eigenvalue weighted by molar-refractivity contribution is -0.141. The molecule has 25 heavy (non-hydrogen) atoms. The van der Waals surface area contributed by atoms with Gasteiger partial charge in [0.1, 0.15) is 5.69 Å². The minimum atomic E-state index is -4.45. The van der Waals surface area contributed by atoms with Crippen LogP contribution < -0.4 is 10.6 Å². The third-order valence-electron chi connectivity index (χ3n) is 3.68. The van der Waals surface area contributed by atoms with Gasteiger partial charge in [-0.05, 0) is 31.0 Å². The van der Waals surface area contributed by atoms with Gasteiger partial charge in [0, 0.05) is 12.7 Å². The molecule has 0 aliphatic heterocycles. The van der Waals surface area contributed by atoms with Crippen LogP contribution in [0.2, 0.25) is 0 Å². The van der Waals surface area contributed by atoms with Gasteiger partial charge in [-0.15, -0.1) is 0 Å². The first-order valence-electron chi connectivity index (χ1n) is 7.84. The highest BCUT2D eigenvalue weighted by Crippen LogP contribution is 2.27. The van der Waals surface area contributed by atoms with Gasteiger partial charge >= 0.3 is 6.18 Å². The summed E-state index contributed by atoms with van der Waals surface area (Å²) in [4.78, 5) is 15.3. The van der Waals surface area contributed by atoms with Crippen LogP contribution in [0.15, 0.2) is 42.6 Å². The molecule has 2 aromatic rings. The topological polar surface area (TPSA) is 54.0 Å². The second kappa shape index (κ2) is 8.11. The van der Waals surface area contributed by atoms with E-state index in [4.69, 9.17) is 0 Å². The number of halogens is 3. The Morgan fingerprint density at radius 2 is 1.84 bits per heavy atom. The minimum absolute atomic E-state index is 0.0667. The van der Waals surface area contributed by atoms with Crippen molar-refractivity contribution < 1.29 is 18.0 Å². The van der Waals surface area contributed by atoms with E-state index < -0.39 is 11.9 Å². The van der Waals surface area contributed by atoms with Gasteiger partial charge in [-0.2, -0.15) is 13.2 Å². The maximum atomic E-state index is 12.4. The number of amides is 1. The van der Waals surface area contributed by atoms with E-state index >= 15 is 0 Å². The lowest BCUT2D eigenvalue weighted by Crippen LogP contribution is -2.35. The Morgan fingerprint density at radius 1 is 1.16 bits per heavy atom. The first-order valence-corrected chi connectivity index (χ1v) is 7.84. The normalized spacial score (nSPS) is 12.7. The predicted molar refractivity (Wildman–Crippen MR) is 88.7 cm³/mol. The molecule has 0 saturated carbocycles. The van der Waals surface area contributed by atoms with E-state index in [0.29, 0.717) is 5.56 Å². The number of aromatic nitrogens is 1. The number of nitrogens with zero attached hydrogens (tertiary/aromatic N) is 1. The first-order chi connectivity index (χ1) is 11.8. The molecule has 1 atom stereocenters. The molecule has 0 bridgehead atoms. The van der Waals surface area contributed by atoms with E-state index in [1.54, 1.807) is 0 Å². The van der Waals surface area contributed by atoms with Crippen LogP contribution in [0.1, 0.15) is 35.3 Å². The van der Waals surface area contributed by atoms with Crippen LogP contribution in [0.3, 0.4) is 0 Å². The molecule has 2 N–H and O–H groups in total. The molecule has 1 aromatic carbocycles. The quantitative estimate of drug-likeness (QED) is 0.839. The third kappa shape index (κ3) is 5.86. The van der Waals surface area contributed by atoms with Gasteiger partial charge in [0.25, 0.3) is 0 Å². The molecule has 134 valence electrons. The molecule has 0 unspecified atom stereocenters. The number of aryl methyl sites for hydroxylation is 1. The molecule has 0 radical (unpaired) electrons. The summed E-state index contributed by atoms with van der Waals surface area (Å²) in [6.07, 6.45) is -3.29. The Hall–Kier alpha value is -2.41. The van der Waals surface area contributed by atoms with E-state index in [1.807, 2.05) is 38.1 Å². The van der Waals surface area contributed by atoms with Crippen molar-refractivity contribution in [2.45, 2.75) is 32.6 Å². The molecule has 0 spiro atoms. The summed E-state index contributed by atoms with van der Waals surface area (Å²) in [5.41, 5.74) is 1.80. The summed E-state index contributed by atoms with van der Waals surface area (Å²) >= 11 is 0. The van der Waals surface area contributed by atoms with Crippen LogP contribution in [0.25, 0.3) is 0 Å². The second-order valence-corrected chi connectivity index (χ2v) is 5.85. The summed E-state index contributed by atoms with van der Waals surface area (Å²) in [6.45, 7) is 4.21. The summed E-state index contributed by atoms with van der Waals surface area (Å²) in [5.74, 6) is -0.187. The molecular formula is C18H20F3N3O. The smallest absolute Gasteiger partial charge is 0.348 e. The number of rotatable bonds is 6. The summed E-state index contributed by atoms with van der Waals surface area (Å²) in [6, 6.07) is 10.0. The molecule has 0 aliphatic carbocycles. The Kier molecular flexibility index (Phi) is 6.14. The average molecular weight is 351 g/mol. The van der Waals surface area contributed by atoms with Crippen molar-refractivity contribution >= 4 is 5.91 Å². The molecular weight excluding hydrogens is 331 g/mol. The Morgan fingerprint density at radius 3 is 2.40 bits per heavy atom. The van der Waals surface area contributed by atoms with Crippen molar-refractivity contribution in [1.82, 2.24) is 15.6 Å². The minimum Gasteiger partial charge on any atom is -0.348 e. The number of pyridine rings is 1. The summed E-state index contributed by atoms with van der Waals surface area (Å²) in [5, 5.41) is 5.76. The van der Waals surface area contributed by atoms with Crippen LogP contribution in [0, 0.1) is 6.92 Å². The van der Waals surface area contributed by atoms with E-state index in [1.165, 1.54) is 6.07 Å². The summed E-state index contributed by atoms with van der Waals surface area (Å²) < 4.78 is 37.3. The zero-order valence-electron chi connectivity index (χ0n) is 14.0. The monoisotopic (exact) mass is 351 g/mol. The van der Waals surface area contributed by atoms with Crippen molar-refractivity contribution in [3.63, 3.8) is 0 Å². The zero-order chi connectivity index (χ0) is 18.4. The predicted octanol–water partition coefficient (Wildman–Crippen LogP) is 3.38. The van der Waals surface area contributed by atoms with Crippen molar-refractivity contribution in [3.05, 3.63) is 65.0 Å². The van der Waals surface area contributed by atoms with E-state index in [0.717, 1.165) is 23.4 Å². The van der Waals surface area contributed by atoms with Gasteiger partial charge in [-0.1, -0.05) is 35.9 Å². The first kappa shape index (κ1) is 18.9. The van der Waals surface area contributed by atoms with Crippen LogP contribution in [0.5, 0.6) is 0 Å².